The molecule has 0 bridgehead atoms. The van der Waals surface area contributed by atoms with Crippen molar-refractivity contribution in [1.82, 2.24) is 0 Å². The monoisotopic (exact) mass is 367 g/mol. The van der Waals surface area contributed by atoms with Crippen LogP contribution in [0.1, 0.15) is 10.4 Å². The zero-order valence-corrected chi connectivity index (χ0v) is 13.2. The van der Waals surface area contributed by atoms with Crippen LogP contribution in [0.3, 0.4) is 0 Å². The standard InChI is InChI=1S/C15H11BrClNO3/c16-12-8-14-13(20-4-5-21-14)7-11(12)15(19)18-10-3-1-2-9(17)6-10/h1-3,6-8H,4-5H2,(H,18,19). The van der Waals surface area contributed by atoms with E-state index in [0.717, 1.165) is 0 Å². The summed E-state index contributed by atoms with van der Waals surface area (Å²) in [7, 11) is 0. The van der Waals surface area contributed by atoms with Crippen molar-refractivity contribution in [2.45, 2.75) is 0 Å². The van der Waals surface area contributed by atoms with E-state index in [-0.39, 0.29) is 5.91 Å². The molecular formula is C15H11BrClNO3. The first-order chi connectivity index (χ1) is 10.1. The molecule has 0 atom stereocenters. The number of amides is 1. The second-order valence-electron chi connectivity index (χ2n) is 4.44. The zero-order chi connectivity index (χ0) is 14.8. The minimum Gasteiger partial charge on any atom is -0.486 e. The number of nitrogens with one attached hydrogen (secondary N) is 1. The summed E-state index contributed by atoms with van der Waals surface area (Å²) < 4.78 is 11.6. The van der Waals surface area contributed by atoms with E-state index in [1.807, 2.05) is 0 Å². The molecule has 3 rings (SSSR count). The van der Waals surface area contributed by atoms with Gasteiger partial charge in [-0.05, 0) is 46.3 Å². The van der Waals surface area contributed by atoms with Crippen LogP contribution in [0.5, 0.6) is 11.5 Å². The minimum absolute atomic E-state index is 0.249. The van der Waals surface area contributed by atoms with E-state index in [1.165, 1.54) is 0 Å². The lowest BCUT2D eigenvalue weighted by Crippen LogP contribution is -2.17. The number of fused-ring (bicyclic) bond motifs is 1. The van der Waals surface area contributed by atoms with Crippen molar-refractivity contribution >= 4 is 39.1 Å². The van der Waals surface area contributed by atoms with Gasteiger partial charge >= 0.3 is 0 Å². The molecule has 1 aliphatic rings. The summed E-state index contributed by atoms with van der Waals surface area (Å²) in [5.41, 5.74) is 1.11. The molecule has 0 radical (unpaired) electrons. The van der Waals surface area contributed by atoms with Gasteiger partial charge in [0, 0.05) is 15.2 Å². The quantitative estimate of drug-likeness (QED) is 0.867. The van der Waals surface area contributed by atoms with Gasteiger partial charge in [0.1, 0.15) is 13.2 Å². The first-order valence-corrected chi connectivity index (χ1v) is 7.46. The largest absolute Gasteiger partial charge is 0.486 e. The van der Waals surface area contributed by atoms with Crippen molar-refractivity contribution in [3.05, 3.63) is 51.5 Å². The lowest BCUT2D eigenvalue weighted by atomic mass is 10.1. The molecule has 1 amide bonds. The fraction of sp³-hybridized carbons (Fsp3) is 0.133. The van der Waals surface area contributed by atoms with E-state index in [9.17, 15) is 4.79 Å². The van der Waals surface area contributed by atoms with E-state index in [0.29, 0.717) is 45.5 Å². The van der Waals surface area contributed by atoms with Gasteiger partial charge in [0.2, 0.25) is 0 Å². The Kier molecular flexibility index (Phi) is 4.03. The van der Waals surface area contributed by atoms with Crippen molar-refractivity contribution in [3.8, 4) is 11.5 Å². The van der Waals surface area contributed by atoms with Gasteiger partial charge in [0.15, 0.2) is 11.5 Å². The molecule has 2 aromatic carbocycles. The Morgan fingerprint density at radius 1 is 1.14 bits per heavy atom. The third kappa shape index (κ3) is 3.14. The van der Waals surface area contributed by atoms with Gasteiger partial charge in [-0.15, -0.1) is 0 Å². The topological polar surface area (TPSA) is 47.6 Å². The average Bonchev–Trinajstić information content (AvgIpc) is 2.46. The number of hydrogen-bond acceptors (Lipinski definition) is 3. The van der Waals surface area contributed by atoms with Crippen LogP contribution in [0, 0.1) is 0 Å². The highest BCUT2D eigenvalue weighted by molar-refractivity contribution is 9.10. The van der Waals surface area contributed by atoms with Crippen LogP contribution in [-0.4, -0.2) is 19.1 Å². The molecule has 0 spiro atoms. The highest BCUT2D eigenvalue weighted by Crippen LogP contribution is 2.35. The van der Waals surface area contributed by atoms with Crippen LogP contribution in [0.25, 0.3) is 0 Å². The number of hydrogen-bond donors (Lipinski definition) is 1. The fourth-order valence-electron chi connectivity index (χ4n) is 2.00. The third-order valence-corrected chi connectivity index (χ3v) is 3.85. The molecule has 0 fully saturated rings. The highest BCUT2D eigenvalue weighted by Gasteiger charge is 2.18. The van der Waals surface area contributed by atoms with Crippen LogP contribution >= 0.6 is 27.5 Å². The Bertz CT molecular complexity index is 705. The lowest BCUT2D eigenvalue weighted by Gasteiger charge is -2.19. The number of carbonyl (C=O) groups excluding carboxylic acids is 1. The fourth-order valence-corrected chi connectivity index (χ4v) is 2.70. The second kappa shape index (κ2) is 5.95. The number of benzene rings is 2. The first-order valence-electron chi connectivity index (χ1n) is 6.29. The molecule has 0 aromatic heterocycles. The van der Waals surface area contributed by atoms with Crippen LogP contribution in [0.2, 0.25) is 5.02 Å². The molecule has 21 heavy (non-hydrogen) atoms. The predicted octanol–water partition coefficient (Wildman–Crippen LogP) is 4.13. The normalized spacial score (nSPS) is 12.9. The van der Waals surface area contributed by atoms with Gasteiger partial charge in [-0.3, -0.25) is 4.79 Å². The summed E-state index contributed by atoms with van der Waals surface area (Å²) in [6, 6.07) is 10.4. The van der Waals surface area contributed by atoms with E-state index < -0.39 is 0 Å². The van der Waals surface area contributed by atoms with Crippen LogP contribution in [-0.2, 0) is 0 Å². The summed E-state index contributed by atoms with van der Waals surface area (Å²) >= 11 is 9.28. The van der Waals surface area contributed by atoms with Gasteiger partial charge in [-0.2, -0.15) is 0 Å². The molecule has 0 unspecified atom stereocenters. The molecule has 1 heterocycles. The van der Waals surface area contributed by atoms with Crippen LogP contribution in [0.15, 0.2) is 40.9 Å². The Hall–Kier alpha value is -1.72. The summed E-state index contributed by atoms with van der Waals surface area (Å²) in [6.07, 6.45) is 0. The lowest BCUT2D eigenvalue weighted by molar-refractivity contribution is 0.102. The Labute approximate surface area is 135 Å². The first kappa shape index (κ1) is 14.2. The molecular weight excluding hydrogens is 358 g/mol. The van der Waals surface area contributed by atoms with Gasteiger partial charge in [-0.1, -0.05) is 17.7 Å². The predicted molar refractivity (Wildman–Crippen MR) is 84.5 cm³/mol. The molecule has 2 aromatic rings. The molecule has 4 nitrogen and oxygen atoms in total. The maximum Gasteiger partial charge on any atom is 0.256 e. The molecule has 6 heteroatoms. The molecule has 0 aliphatic carbocycles. The number of carbonyl (C=O) groups is 1. The SMILES string of the molecule is O=C(Nc1cccc(Cl)c1)c1cc2c(cc1Br)OCCO2. The van der Waals surface area contributed by atoms with E-state index >= 15 is 0 Å². The van der Waals surface area contributed by atoms with Crippen LogP contribution < -0.4 is 14.8 Å². The maximum atomic E-state index is 12.4. The van der Waals surface area contributed by atoms with Crippen molar-refractivity contribution < 1.29 is 14.3 Å². The van der Waals surface area contributed by atoms with Crippen molar-refractivity contribution in [1.29, 1.82) is 0 Å². The third-order valence-electron chi connectivity index (χ3n) is 2.96. The van der Waals surface area contributed by atoms with Crippen molar-refractivity contribution in [3.63, 3.8) is 0 Å². The van der Waals surface area contributed by atoms with E-state index in [2.05, 4.69) is 21.2 Å². The van der Waals surface area contributed by atoms with Crippen molar-refractivity contribution in [2.24, 2.45) is 0 Å². The molecule has 108 valence electrons. The average molecular weight is 369 g/mol. The van der Waals surface area contributed by atoms with Crippen LogP contribution in [0.4, 0.5) is 5.69 Å². The van der Waals surface area contributed by atoms with Gasteiger partial charge < -0.3 is 14.8 Å². The van der Waals surface area contributed by atoms with Gasteiger partial charge in [0.05, 0.1) is 5.56 Å². The number of ether oxygens (including phenoxy) is 2. The van der Waals surface area contributed by atoms with E-state index in [4.69, 9.17) is 21.1 Å². The molecule has 0 saturated carbocycles. The number of halogens is 2. The van der Waals surface area contributed by atoms with E-state index in [1.54, 1.807) is 36.4 Å². The summed E-state index contributed by atoms with van der Waals surface area (Å²) in [5.74, 6) is 0.953. The summed E-state index contributed by atoms with van der Waals surface area (Å²) in [5, 5.41) is 3.36. The summed E-state index contributed by atoms with van der Waals surface area (Å²) in [6.45, 7) is 0.984. The molecule has 0 saturated heterocycles. The molecule has 1 aliphatic heterocycles. The summed E-state index contributed by atoms with van der Waals surface area (Å²) in [4.78, 5) is 12.4. The zero-order valence-electron chi connectivity index (χ0n) is 10.9. The molecule has 1 N–H and O–H groups in total. The van der Waals surface area contributed by atoms with Gasteiger partial charge in [-0.25, -0.2) is 0 Å². The Morgan fingerprint density at radius 3 is 2.57 bits per heavy atom. The smallest absolute Gasteiger partial charge is 0.256 e. The minimum atomic E-state index is -0.249. The second-order valence-corrected chi connectivity index (χ2v) is 5.73. The number of anilines is 1. The highest BCUT2D eigenvalue weighted by atomic mass is 79.9. The van der Waals surface area contributed by atoms with Crippen molar-refractivity contribution in [2.75, 3.05) is 18.5 Å². The maximum absolute atomic E-state index is 12.4. The van der Waals surface area contributed by atoms with Gasteiger partial charge in [0.25, 0.3) is 5.91 Å². The number of rotatable bonds is 2. The Balaban J connectivity index is 1.87. The Morgan fingerprint density at radius 2 is 1.86 bits per heavy atom.